The van der Waals surface area contributed by atoms with Crippen LogP contribution in [0.15, 0.2) is 54.6 Å². The molecule has 3 N–H and O–H groups in total. The normalized spacial score (nSPS) is 13.8. The van der Waals surface area contributed by atoms with E-state index in [-0.39, 0.29) is 19.1 Å². The molecule has 31 heavy (non-hydrogen) atoms. The molecular formula is C24H25NO6. The van der Waals surface area contributed by atoms with E-state index in [1.165, 1.54) is 0 Å². The molecule has 1 heterocycles. The van der Waals surface area contributed by atoms with Crippen LogP contribution < -0.4 is 14.8 Å². The Morgan fingerprint density at radius 3 is 2.61 bits per heavy atom. The Morgan fingerprint density at radius 1 is 1.10 bits per heavy atom. The van der Waals surface area contributed by atoms with Crippen molar-refractivity contribution < 1.29 is 29.2 Å². The van der Waals surface area contributed by atoms with Crippen molar-refractivity contribution in [1.29, 1.82) is 0 Å². The van der Waals surface area contributed by atoms with Gasteiger partial charge in [0.25, 0.3) is 0 Å². The highest BCUT2D eigenvalue weighted by Gasteiger charge is 2.35. The third-order valence-electron chi connectivity index (χ3n) is 5.53. The van der Waals surface area contributed by atoms with Gasteiger partial charge in [-0.25, -0.2) is 4.79 Å². The van der Waals surface area contributed by atoms with Gasteiger partial charge in [0.15, 0.2) is 11.5 Å². The number of hydrogen-bond acceptors (Lipinski definition) is 6. The first kappa shape index (κ1) is 20.8. The number of benzene rings is 3. The summed E-state index contributed by atoms with van der Waals surface area (Å²) in [5.74, 6) is 1.33. The quantitative estimate of drug-likeness (QED) is 0.518. The monoisotopic (exact) mass is 423 g/mol. The summed E-state index contributed by atoms with van der Waals surface area (Å²) < 4.78 is 16.6. The van der Waals surface area contributed by atoms with Gasteiger partial charge in [0.05, 0.1) is 0 Å². The molecule has 1 aliphatic heterocycles. The molecule has 4 rings (SSSR count). The molecule has 0 radical (unpaired) electrons. The van der Waals surface area contributed by atoms with Gasteiger partial charge in [0.2, 0.25) is 6.79 Å². The van der Waals surface area contributed by atoms with Crippen LogP contribution in [0.2, 0.25) is 0 Å². The predicted molar refractivity (Wildman–Crippen MR) is 117 cm³/mol. The second kappa shape index (κ2) is 8.35. The van der Waals surface area contributed by atoms with E-state index in [1.54, 1.807) is 30.3 Å². The molecule has 0 saturated heterocycles. The molecule has 0 bridgehead atoms. The molecule has 7 nitrogen and oxygen atoms in total. The number of nitrogens with one attached hydrogen (secondary N) is 1. The van der Waals surface area contributed by atoms with E-state index >= 15 is 0 Å². The van der Waals surface area contributed by atoms with E-state index < -0.39 is 17.6 Å². The van der Waals surface area contributed by atoms with Crippen LogP contribution in [0.5, 0.6) is 17.2 Å². The molecule has 7 heteroatoms. The predicted octanol–water partition coefficient (Wildman–Crippen LogP) is 4.97. The zero-order valence-electron chi connectivity index (χ0n) is 17.4. The first-order valence-corrected chi connectivity index (χ1v) is 10.1. The highest BCUT2D eigenvalue weighted by molar-refractivity contribution is 5.92. The third kappa shape index (κ3) is 4.22. The number of fused-ring (bicyclic) bond motifs is 2. The van der Waals surface area contributed by atoms with Crippen molar-refractivity contribution in [3.05, 3.63) is 60.2 Å². The Labute approximate surface area is 180 Å². The summed E-state index contributed by atoms with van der Waals surface area (Å²) in [6.07, 6.45) is -0.879. The summed E-state index contributed by atoms with van der Waals surface area (Å²) in [5, 5.41) is 24.0. The topological polar surface area (TPSA) is 97.3 Å². The fourth-order valence-electron chi connectivity index (χ4n) is 3.83. The molecule has 1 amide bonds. The maximum absolute atomic E-state index is 12.8. The molecule has 3 aromatic rings. The lowest BCUT2D eigenvalue weighted by atomic mass is 9.78. The summed E-state index contributed by atoms with van der Waals surface area (Å²) in [5.41, 5.74) is 0.706. The molecule has 0 aromatic heterocycles. The number of ether oxygens (including phenoxy) is 3. The second-order valence-corrected chi connectivity index (χ2v) is 8.16. The van der Waals surface area contributed by atoms with Gasteiger partial charge >= 0.3 is 6.09 Å². The molecule has 0 aliphatic carbocycles. The number of hydrogen-bond donors (Lipinski definition) is 3. The first-order valence-electron chi connectivity index (χ1n) is 10.1. The number of carbonyl (C=O) groups excluding carboxylic acids is 1. The number of aliphatic hydroxyl groups excluding tert-OH is 1. The van der Waals surface area contributed by atoms with Crippen LogP contribution in [0.3, 0.4) is 0 Å². The highest BCUT2D eigenvalue weighted by atomic mass is 16.7. The van der Waals surface area contributed by atoms with Gasteiger partial charge in [-0.1, -0.05) is 44.2 Å². The lowest BCUT2D eigenvalue weighted by molar-refractivity contribution is 0.0161. The summed E-state index contributed by atoms with van der Waals surface area (Å²) in [6, 6.07) is 15.9. The number of aromatic hydroxyl groups is 1. The smallest absolute Gasteiger partial charge is 0.412 e. The van der Waals surface area contributed by atoms with Gasteiger partial charge in [0, 0.05) is 34.7 Å². The van der Waals surface area contributed by atoms with Crippen molar-refractivity contribution >= 4 is 22.6 Å². The fourth-order valence-corrected chi connectivity index (χ4v) is 3.83. The standard InChI is InChI=1S/C24H25NO6/c1-24(2,11-12-26)22(18-8-9-19(27)17-6-4-3-5-16(17)18)31-23(28)25-15-7-10-20-21(13-15)30-14-29-20/h3-10,13,22,26-27H,11-12,14H2,1-2H3,(H,25,28)/t22-/m1/s1. The fraction of sp³-hybridized carbons (Fsp3) is 0.292. The van der Waals surface area contributed by atoms with Crippen LogP contribution in [-0.4, -0.2) is 29.7 Å². The maximum atomic E-state index is 12.8. The molecule has 3 aromatic carbocycles. The first-order chi connectivity index (χ1) is 14.9. The minimum absolute atomic E-state index is 0.0490. The van der Waals surface area contributed by atoms with Gasteiger partial charge in [-0.15, -0.1) is 0 Å². The van der Waals surface area contributed by atoms with Gasteiger partial charge in [-0.05, 0) is 30.0 Å². The molecule has 0 spiro atoms. The number of anilines is 1. The Balaban J connectivity index is 1.65. The lowest BCUT2D eigenvalue weighted by Gasteiger charge is -2.34. The lowest BCUT2D eigenvalue weighted by Crippen LogP contribution is -2.30. The molecule has 0 unspecified atom stereocenters. The van der Waals surface area contributed by atoms with Crippen LogP contribution in [-0.2, 0) is 4.74 Å². The molecule has 1 atom stereocenters. The van der Waals surface area contributed by atoms with Gasteiger partial charge in [-0.2, -0.15) is 0 Å². The SMILES string of the molecule is CC(C)(CCO)[C@H](OC(=O)Nc1ccc2c(c1)OCO2)c1ccc(O)c2ccccc12. The number of carbonyl (C=O) groups is 1. The summed E-state index contributed by atoms with van der Waals surface area (Å²) in [7, 11) is 0. The average Bonchev–Trinajstić information content (AvgIpc) is 3.21. The van der Waals surface area contributed by atoms with Crippen LogP contribution in [0.1, 0.15) is 31.9 Å². The molecule has 1 aliphatic rings. The zero-order chi connectivity index (χ0) is 22.0. The molecule has 0 saturated carbocycles. The van der Waals surface area contributed by atoms with Crippen molar-refractivity contribution in [3.63, 3.8) is 0 Å². The average molecular weight is 423 g/mol. The Morgan fingerprint density at radius 2 is 1.84 bits per heavy atom. The molecular weight excluding hydrogens is 398 g/mol. The van der Waals surface area contributed by atoms with E-state index in [9.17, 15) is 15.0 Å². The van der Waals surface area contributed by atoms with Crippen LogP contribution in [0.4, 0.5) is 10.5 Å². The Kier molecular flexibility index (Phi) is 5.61. The third-order valence-corrected chi connectivity index (χ3v) is 5.53. The van der Waals surface area contributed by atoms with Crippen molar-refractivity contribution in [2.24, 2.45) is 5.41 Å². The van der Waals surface area contributed by atoms with Gasteiger partial charge in [-0.3, -0.25) is 5.32 Å². The number of amides is 1. The largest absolute Gasteiger partial charge is 0.507 e. The van der Waals surface area contributed by atoms with E-state index in [1.807, 2.05) is 38.1 Å². The van der Waals surface area contributed by atoms with Gasteiger partial charge < -0.3 is 24.4 Å². The van der Waals surface area contributed by atoms with Crippen molar-refractivity contribution in [3.8, 4) is 17.2 Å². The van der Waals surface area contributed by atoms with E-state index in [0.29, 0.717) is 29.0 Å². The zero-order valence-corrected chi connectivity index (χ0v) is 17.4. The summed E-state index contributed by atoms with van der Waals surface area (Å²) in [6.45, 7) is 3.97. The van der Waals surface area contributed by atoms with Crippen LogP contribution >= 0.6 is 0 Å². The Bertz CT molecular complexity index is 1110. The highest BCUT2D eigenvalue weighted by Crippen LogP contribution is 2.43. The van der Waals surface area contributed by atoms with Gasteiger partial charge in [0.1, 0.15) is 11.9 Å². The van der Waals surface area contributed by atoms with Crippen molar-refractivity contribution in [2.75, 3.05) is 18.7 Å². The molecule has 162 valence electrons. The molecule has 0 fully saturated rings. The minimum atomic E-state index is -0.667. The Hall–Kier alpha value is -3.45. The second-order valence-electron chi connectivity index (χ2n) is 8.16. The van der Waals surface area contributed by atoms with E-state index in [4.69, 9.17) is 14.2 Å². The van der Waals surface area contributed by atoms with E-state index in [2.05, 4.69) is 5.32 Å². The van der Waals surface area contributed by atoms with E-state index in [0.717, 1.165) is 10.9 Å². The van der Waals surface area contributed by atoms with Crippen LogP contribution in [0.25, 0.3) is 10.8 Å². The minimum Gasteiger partial charge on any atom is -0.507 e. The maximum Gasteiger partial charge on any atom is 0.412 e. The number of phenols is 1. The summed E-state index contributed by atoms with van der Waals surface area (Å²) >= 11 is 0. The van der Waals surface area contributed by atoms with Crippen molar-refractivity contribution in [1.82, 2.24) is 0 Å². The number of phenolic OH excluding ortho intramolecular Hbond substituents is 1. The van der Waals surface area contributed by atoms with Crippen molar-refractivity contribution in [2.45, 2.75) is 26.4 Å². The summed E-state index contributed by atoms with van der Waals surface area (Å²) in [4.78, 5) is 12.8. The van der Waals surface area contributed by atoms with Crippen LogP contribution in [0, 0.1) is 5.41 Å². The number of aliphatic hydroxyl groups is 1. The number of rotatable bonds is 6.